The topological polar surface area (TPSA) is 59.4 Å². The smallest absolute Gasteiger partial charge is 0.347 e. The van der Waals surface area contributed by atoms with Crippen LogP contribution in [0.1, 0.15) is 15.4 Å². The number of carboxylic acid groups (broad SMARTS) is 1. The van der Waals surface area contributed by atoms with Crippen molar-refractivity contribution in [3.8, 4) is 5.75 Å². The second kappa shape index (κ2) is 6.97. The largest absolute Gasteiger partial charge is 0.491 e. The molecular formula is C13H12ClNO3S2. The van der Waals surface area contributed by atoms with Gasteiger partial charge in [-0.05, 0) is 19.1 Å². The highest BCUT2D eigenvalue weighted by molar-refractivity contribution is 8.01. The maximum absolute atomic E-state index is 10.9. The number of aromatic carboxylic acids is 1. The van der Waals surface area contributed by atoms with Gasteiger partial charge in [0, 0.05) is 5.75 Å². The van der Waals surface area contributed by atoms with Crippen LogP contribution < -0.4 is 4.74 Å². The second-order valence-electron chi connectivity index (χ2n) is 3.83. The van der Waals surface area contributed by atoms with Crippen molar-refractivity contribution < 1.29 is 14.6 Å². The number of para-hydroxylation sites is 1. The van der Waals surface area contributed by atoms with Crippen molar-refractivity contribution >= 4 is 40.7 Å². The highest BCUT2D eigenvalue weighted by Gasteiger charge is 2.14. The molecule has 1 aromatic carbocycles. The van der Waals surface area contributed by atoms with E-state index in [1.165, 1.54) is 23.1 Å². The zero-order valence-corrected chi connectivity index (χ0v) is 13.0. The summed E-state index contributed by atoms with van der Waals surface area (Å²) in [7, 11) is 0. The van der Waals surface area contributed by atoms with Gasteiger partial charge < -0.3 is 9.84 Å². The lowest BCUT2D eigenvalue weighted by molar-refractivity contribution is 0.0701. The lowest BCUT2D eigenvalue weighted by atomic mass is 10.3. The first-order valence-electron chi connectivity index (χ1n) is 5.79. The lowest BCUT2D eigenvalue weighted by Crippen LogP contribution is -2.00. The molecule has 106 valence electrons. The predicted octanol–water partition coefficient (Wildman–Crippen LogP) is 3.97. The summed E-state index contributed by atoms with van der Waals surface area (Å²) in [6.45, 7) is 2.18. The van der Waals surface area contributed by atoms with Gasteiger partial charge in [-0.15, -0.1) is 11.3 Å². The summed E-state index contributed by atoms with van der Waals surface area (Å²) in [5, 5.41) is 9.53. The fraction of sp³-hybridized carbons (Fsp3) is 0.231. The molecule has 0 aliphatic heterocycles. The lowest BCUT2D eigenvalue weighted by Gasteiger charge is -2.06. The number of hydrogen-bond acceptors (Lipinski definition) is 5. The average molecular weight is 330 g/mol. The number of halogens is 1. The first kappa shape index (κ1) is 15.2. The quantitative estimate of drug-likeness (QED) is 0.641. The van der Waals surface area contributed by atoms with E-state index in [4.69, 9.17) is 21.4 Å². The Hall–Kier alpha value is -1.24. The van der Waals surface area contributed by atoms with E-state index in [1.807, 2.05) is 18.2 Å². The molecule has 1 N–H and O–H groups in total. The van der Waals surface area contributed by atoms with Crippen molar-refractivity contribution in [2.75, 3.05) is 12.4 Å². The van der Waals surface area contributed by atoms with Crippen LogP contribution in [0.5, 0.6) is 5.75 Å². The van der Waals surface area contributed by atoms with Crippen LogP contribution in [-0.4, -0.2) is 28.4 Å². The number of thiazole rings is 1. The first-order chi connectivity index (χ1) is 9.58. The SMILES string of the molecule is Cc1nc(SCCOc2ccccc2Cl)sc1C(=O)O. The standard InChI is InChI=1S/C13H12ClNO3S2/c1-8-11(12(16)17)20-13(15-8)19-7-6-18-10-5-3-2-4-9(10)14/h2-5H,6-7H2,1H3,(H,16,17). The van der Waals surface area contributed by atoms with Crippen LogP contribution in [0.4, 0.5) is 0 Å². The Morgan fingerprint density at radius 2 is 2.25 bits per heavy atom. The zero-order chi connectivity index (χ0) is 14.5. The van der Waals surface area contributed by atoms with Crippen LogP contribution in [0.15, 0.2) is 28.6 Å². The van der Waals surface area contributed by atoms with Gasteiger partial charge in [-0.25, -0.2) is 9.78 Å². The molecule has 7 heteroatoms. The first-order valence-corrected chi connectivity index (χ1v) is 7.97. The van der Waals surface area contributed by atoms with E-state index in [2.05, 4.69) is 4.98 Å². The second-order valence-corrected chi connectivity index (χ2v) is 6.58. The third-order valence-corrected chi connectivity index (χ3v) is 4.94. The summed E-state index contributed by atoms with van der Waals surface area (Å²) < 4.78 is 6.29. The number of aryl methyl sites for hydroxylation is 1. The summed E-state index contributed by atoms with van der Waals surface area (Å²) in [6.07, 6.45) is 0. The molecule has 0 amide bonds. The van der Waals surface area contributed by atoms with Gasteiger partial charge in [0.2, 0.25) is 0 Å². The molecule has 0 saturated heterocycles. The van der Waals surface area contributed by atoms with Crippen molar-refractivity contribution in [3.63, 3.8) is 0 Å². The monoisotopic (exact) mass is 329 g/mol. The van der Waals surface area contributed by atoms with E-state index in [9.17, 15) is 4.79 Å². The van der Waals surface area contributed by atoms with Crippen LogP contribution in [0.25, 0.3) is 0 Å². The van der Waals surface area contributed by atoms with E-state index in [1.54, 1.807) is 13.0 Å². The number of carbonyl (C=O) groups is 1. The number of ether oxygens (including phenoxy) is 1. The molecule has 0 radical (unpaired) electrons. The number of hydrogen-bond donors (Lipinski definition) is 1. The Morgan fingerprint density at radius 3 is 2.90 bits per heavy atom. The van der Waals surface area contributed by atoms with Crippen LogP contribution >= 0.6 is 34.7 Å². The Labute approximate surface area is 129 Å². The van der Waals surface area contributed by atoms with E-state index in [0.717, 1.165) is 4.34 Å². The molecule has 0 saturated carbocycles. The Kier molecular flexibility index (Phi) is 5.28. The number of thioether (sulfide) groups is 1. The van der Waals surface area contributed by atoms with Crippen molar-refractivity contribution in [2.24, 2.45) is 0 Å². The molecule has 20 heavy (non-hydrogen) atoms. The molecular weight excluding hydrogens is 318 g/mol. The molecule has 1 aromatic heterocycles. The van der Waals surface area contributed by atoms with Gasteiger partial charge in [0.25, 0.3) is 0 Å². The predicted molar refractivity (Wildman–Crippen MR) is 81.5 cm³/mol. The molecule has 0 bridgehead atoms. The van der Waals surface area contributed by atoms with E-state index < -0.39 is 5.97 Å². The minimum Gasteiger partial charge on any atom is -0.491 e. The normalized spacial score (nSPS) is 10.5. The number of carboxylic acids is 1. The Balaban J connectivity index is 1.83. The summed E-state index contributed by atoms with van der Waals surface area (Å²) in [4.78, 5) is 15.4. The van der Waals surface area contributed by atoms with Crippen LogP contribution in [0, 0.1) is 6.92 Å². The van der Waals surface area contributed by atoms with E-state index >= 15 is 0 Å². The molecule has 0 spiro atoms. The summed E-state index contributed by atoms with van der Waals surface area (Å²) in [6, 6.07) is 7.28. The Bertz CT molecular complexity index is 615. The van der Waals surface area contributed by atoms with E-state index in [-0.39, 0.29) is 0 Å². The zero-order valence-electron chi connectivity index (χ0n) is 10.6. The minimum absolute atomic E-state index is 0.291. The molecule has 1 heterocycles. The van der Waals surface area contributed by atoms with Crippen molar-refractivity contribution in [1.82, 2.24) is 4.98 Å². The maximum atomic E-state index is 10.9. The number of aromatic nitrogens is 1. The van der Waals surface area contributed by atoms with Gasteiger partial charge in [0.1, 0.15) is 10.6 Å². The average Bonchev–Trinajstić information content (AvgIpc) is 2.78. The number of rotatable bonds is 6. The highest BCUT2D eigenvalue weighted by atomic mass is 35.5. The molecule has 2 rings (SSSR count). The van der Waals surface area contributed by atoms with Crippen LogP contribution in [0.3, 0.4) is 0 Å². The van der Waals surface area contributed by atoms with Crippen molar-refractivity contribution in [1.29, 1.82) is 0 Å². The molecule has 4 nitrogen and oxygen atoms in total. The molecule has 0 aliphatic carbocycles. The third-order valence-electron chi connectivity index (χ3n) is 2.37. The number of nitrogens with zero attached hydrogens (tertiary/aromatic N) is 1. The fourth-order valence-electron chi connectivity index (χ4n) is 1.47. The van der Waals surface area contributed by atoms with Gasteiger partial charge >= 0.3 is 5.97 Å². The van der Waals surface area contributed by atoms with Crippen LogP contribution in [0.2, 0.25) is 5.02 Å². The molecule has 2 aromatic rings. The third kappa shape index (κ3) is 3.88. The van der Waals surface area contributed by atoms with Gasteiger partial charge in [0.15, 0.2) is 4.34 Å². The molecule has 0 unspecified atom stereocenters. The molecule has 0 aliphatic rings. The molecule has 0 atom stereocenters. The number of benzene rings is 1. The summed E-state index contributed by atoms with van der Waals surface area (Å²) in [5.74, 6) is 0.396. The minimum atomic E-state index is -0.931. The summed E-state index contributed by atoms with van der Waals surface area (Å²) >= 11 is 8.63. The van der Waals surface area contributed by atoms with Crippen molar-refractivity contribution in [2.45, 2.75) is 11.3 Å². The fourth-order valence-corrected chi connectivity index (χ4v) is 3.58. The maximum Gasteiger partial charge on any atom is 0.347 e. The highest BCUT2D eigenvalue weighted by Crippen LogP contribution is 2.28. The van der Waals surface area contributed by atoms with E-state index in [0.29, 0.717) is 33.7 Å². The molecule has 0 fully saturated rings. The van der Waals surface area contributed by atoms with Gasteiger partial charge in [-0.3, -0.25) is 0 Å². The van der Waals surface area contributed by atoms with Crippen LogP contribution in [-0.2, 0) is 0 Å². The van der Waals surface area contributed by atoms with Crippen molar-refractivity contribution in [3.05, 3.63) is 39.9 Å². The van der Waals surface area contributed by atoms with Gasteiger partial charge in [-0.2, -0.15) is 0 Å². The Morgan fingerprint density at radius 1 is 1.50 bits per heavy atom. The van der Waals surface area contributed by atoms with Gasteiger partial charge in [-0.1, -0.05) is 35.5 Å². The van der Waals surface area contributed by atoms with Gasteiger partial charge in [0.05, 0.1) is 17.3 Å². The summed E-state index contributed by atoms with van der Waals surface area (Å²) in [5.41, 5.74) is 0.553.